The molecule has 0 aliphatic heterocycles. The Labute approximate surface area is 145 Å². The molecular formula is C19H20N2O4. The first kappa shape index (κ1) is 16.8. The van der Waals surface area contributed by atoms with Crippen LogP contribution in [-0.2, 0) is 4.79 Å². The van der Waals surface area contributed by atoms with Crippen LogP contribution >= 0.6 is 0 Å². The second kappa shape index (κ2) is 6.84. The van der Waals surface area contributed by atoms with E-state index in [9.17, 15) is 9.90 Å². The lowest BCUT2D eigenvalue weighted by Crippen LogP contribution is -2.12. The van der Waals surface area contributed by atoms with Gasteiger partial charge in [0, 0.05) is 23.9 Å². The third-order valence-electron chi connectivity index (χ3n) is 4.23. The molecule has 1 atom stereocenters. The van der Waals surface area contributed by atoms with Crippen LogP contribution in [0.5, 0.6) is 11.5 Å². The number of pyridine rings is 1. The van der Waals surface area contributed by atoms with Gasteiger partial charge in [-0.15, -0.1) is 0 Å². The Bertz CT molecular complexity index is 917. The van der Waals surface area contributed by atoms with E-state index in [0.29, 0.717) is 11.5 Å². The van der Waals surface area contributed by atoms with Crippen LogP contribution in [0.25, 0.3) is 5.65 Å². The number of carboxylic acid groups (broad SMARTS) is 1. The van der Waals surface area contributed by atoms with Crippen molar-refractivity contribution in [1.29, 1.82) is 0 Å². The highest BCUT2D eigenvalue weighted by molar-refractivity contribution is 5.70. The number of fused-ring (bicyclic) bond motifs is 1. The summed E-state index contributed by atoms with van der Waals surface area (Å²) in [6.07, 6.45) is 3.60. The largest absolute Gasteiger partial charge is 0.493 e. The molecule has 0 bridgehead atoms. The maximum atomic E-state index is 11.5. The van der Waals surface area contributed by atoms with Crippen LogP contribution in [0.2, 0.25) is 0 Å². The second-order valence-corrected chi connectivity index (χ2v) is 5.85. The summed E-state index contributed by atoms with van der Waals surface area (Å²) >= 11 is 0. The summed E-state index contributed by atoms with van der Waals surface area (Å²) in [5.41, 5.74) is 3.40. The average molecular weight is 340 g/mol. The number of rotatable bonds is 6. The maximum Gasteiger partial charge on any atom is 0.304 e. The molecule has 3 aromatic rings. The van der Waals surface area contributed by atoms with Gasteiger partial charge < -0.3 is 19.0 Å². The third-order valence-corrected chi connectivity index (χ3v) is 4.23. The number of methoxy groups -OCH3 is 2. The van der Waals surface area contributed by atoms with E-state index in [1.807, 2.05) is 41.8 Å². The van der Waals surface area contributed by atoms with Crippen LogP contribution in [0.1, 0.15) is 29.2 Å². The first-order valence-corrected chi connectivity index (χ1v) is 7.91. The predicted molar refractivity (Wildman–Crippen MR) is 93.6 cm³/mol. The SMILES string of the molecule is COc1cccc(C(CC(=O)O)c2cnc3ccc(C)cn23)c1OC. The highest BCUT2D eigenvalue weighted by atomic mass is 16.5. The summed E-state index contributed by atoms with van der Waals surface area (Å²) in [7, 11) is 3.11. The number of nitrogens with zero attached hydrogens (tertiary/aromatic N) is 2. The van der Waals surface area contributed by atoms with Crippen molar-refractivity contribution in [2.24, 2.45) is 0 Å². The summed E-state index contributed by atoms with van der Waals surface area (Å²) in [6, 6.07) is 9.38. The van der Waals surface area contributed by atoms with Crippen molar-refractivity contribution in [1.82, 2.24) is 9.38 Å². The predicted octanol–water partition coefficient (Wildman–Crippen LogP) is 3.27. The van der Waals surface area contributed by atoms with Gasteiger partial charge in [0.2, 0.25) is 0 Å². The van der Waals surface area contributed by atoms with E-state index in [1.54, 1.807) is 26.5 Å². The van der Waals surface area contributed by atoms with E-state index in [4.69, 9.17) is 9.47 Å². The van der Waals surface area contributed by atoms with Crippen LogP contribution in [0, 0.1) is 6.92 Å². The number of carboxylic acids is 1. The molecule has 1 aromatic carbocycles. The molecule has 1 N–H and O–H groups in total. The minimum Gasteiger partial charge on any atom is -0.493 e. The van der Waals surface area contributed by atoms with Gasteiger partial charge in [-0.2, -0.15) is 0 Å². The maximum absolute atomic E-state index is 11.5. The zero-order valence-corrected chi connectivity index (χ0v) is 14.4. The molecule has 2 aromatic heterocycles. The van der Waals surface area contributed by atoms with Gasteiger partial charge in [0.25, 0.3) is 0 Å². The monoisotopic (exact) mass is 340 g/mol. The molecule has 3 rings (SSSR count). The van der Waals surface area contributed by atoms with Crippen molar-refractivity contribution in [2.75, 3.05) is 14.2 Å². The molecule has 0 spiro atoms. The van der Waals surface area contributed by atoms with Crippen molar-refractivity contribution in [2.45, 2.75) is 19.3 Å². The molecule has 130 valence electrons. The van der Waals surface area contributed by atoms with Crippen molar-refractivity contribution >= 4 is 11.6 Å². The summed E-state index contributed by atoms with van der Waals surface area (Å²) in [6.45, 7) is 1.99. The molecule has 6 heteroatoms. The number of para-hydroxylation sites is 1. The van der Waals surface area contributed by atoms with Crippen molar-refractivity contribution in [3.63, 3.8) is 0 Å². The molecule has 1 unspecified atom stereocenters. The van der Waals surface area contributed by atoms with Gasteiger partial charge >= 0.3 is 5.97 Å². The van der Waals surface area contributed by atoms with E-state index >= 15 is 0 Å². The molecule has 25 heavy (non-hydrogen) atoms. The van der Waals surface area contributed by atoms with Gasteiger partial charge in [-0.05, 0) is 24.6 Å². The number of benzene rings is 1. The molecule has 2 heterocycles. The fourth-order valence-corrected chi connectivity index (χ4v) is 3.10. The van der Waals surface area contributed by atoms with Gasteiger partial charge in [0.1, 0.15) is 5.65 Å². The quantitative estimate of drug-likeness (QED) is 0.745. The number of aliphatic carboxylic acids is 1. The van der Waals surface area contributed by atoms with Crippen LogP contribution < -0.4 is 9.47 Å². The summed E-state index contributed by atoms with van der Waals surface area (Å²) in [5.74, 6) is -0.198. The number of aryl methyl sites for hydroxylation is 1. The fraction of sp³-hybridized carbons (Fsp3) is 0.263. The topological polar surface area (TPSA) is 73.1 Å². The number of ether oxygens (including phenoxy) is 2. The lowest BCUT2D eigenvalue weighted by molar-refractivity contribution is -0.137. The van der Waals surface area contributed by atoms with Gasteiger partial charge in [-0.3, -0.25) is 4.79 Å². The van der Waals surface area contributed by atoms with E-state index in [0.717, 1.165) is 22.5 Å². The van der Waals surface area contributed by atoms with E-state index in [-0.39, 0.29) is 6.42 Å². The Morgan fingerprint density at radius 1 is 1.24 bits per heavy atom. The normalized spacial score (nSPS) is 12.1. The highest BCUT2D eigenvalue weighted by Crippen LogP contribution is 2.40. The Hall–Kier alpha value is -3.02. The molecule has 0 aliphatic carbocycles. The zero-order valence-electron chi connectivity index (χ0n) is 14.4. The Balaban J connectivity index is 2.22. The van der Waals surface area contributed by atoms with Crippen LogP contribution in [0.3, 0.4) is 0 Å². The third kappa shape index (κ3) is 3.15. The van der Waals surface area contributed by atoms with Crippen molar-refractivity contribution in [3.05, 3.63) is 59.5 Å². The Morgan fingerprint density at radius 3 is 2.72 bits per heavy atom. The number of carbonyl (C=O) groups is 1. The van der Waals surface area contributed by atoms with Gasteiger partial charge in [0.05, 0.1) is 26.3 Å². The van der Waals surface area contributed by atoms with E-state index in [2.05, 4.69) is 4.98 Å². The Morgan fingerprint density at radius 2 is 2.04 bits per heavy atom. The number of hydrogen-bond acceptors (Lipinski definition) is 4. The smallest absolute Gasteiger partial charge is 0.304 e. The minimum absolute atomic E-state index is 0.0781. The van der Waals surface area contributed by atoms with Crippen molar-refractivity contribution in [3.8, 4) is 11.5 Å². The number of imidazole rings is 1. The van der Waals surface area contributed by atoms with Gasteiger partial charge in [-0.25, -0.2) is 4.98 Å². The first-order valence-electron chi connectivity index (χ1n) is 7.91. The lowest BCUT2D eigenvalue weighted by atomic mass is 9.91. The van der Waals surface area contributed by atoms with Crippen LogP contribution in [0.4, 0.5) is 0 Å². The van der Waals surface area contributed by atoms with Gasteiger partial charge in [-0.1, -0.05) is 18.2 Å². The van der Waals surface area contributed by atoms with Crippen LogP contribution in [0.15, 0.2) is 42.7 Å². The van der Waals surface area contributed by atoms with Gasteiger partial charge in [0.15, 0.2) is 11.5 Å². The molecule has 6 nitrogen and oxygen atoms in total. The molecule has 0 amide bonds. The fourth-order valence-electron chi connectivity index (χ4n) is 3.10. The molecule has 0 saturated carbocycles. The lowest BCUT2D eigenvalue weighted by Gasteiger charge is -2.20. The second-order valence-electron chi connectivity index (χ2n) is 5.85. The number of hydrogen-bond donors (Lipinski definition) is 1. The summed E-state index contributed by atoms with van der Waals surface area (Å²) in [4.78, 5) is 15.9. The number of aromatic nitrogens is 2. The first-order chi connectivity index (χ1) is 12.0. The molecule has 0 saturated heterocycles. The molecule has 0 aliphatic rings. The zero-order chi connectivity index (χ0) is 18.0. The Kier molecular flexibility index (Phi) is 4.61. The molecular weight excluding hydrogens is 320 g/mol. The van der Waals surface area contributed by atoms with Crippen molar-refractivity contribution < 1.29 is 19.4 Å². The highest BCUT2D eigenvalue weighted by Gasteiger charge is 2.26. The van der Waals surface area contributed by atoms with E-state index in [1.165, 1.54) is 0 Å². The standard InChI is InChI=1S/C19H20N2O4/c1-12-7-8-17-20-10-15(21(17)11-12)14(9-18(22)23)13-5-4-6-16(24-2)19(13)25-3/h4-8,10-11,14H,9H2,1-3H3,(H,22,23). The molecule has 0 fully saturated rings. The average Bonchev–Trinajstić information content (AvgIpc) is 3.01. The summed E-state index contributed by atoms with van der Waals surface area (Å²) in [5, 5.41) is 9.46. The van der Waals surface area contributed by atoms with E-state index < -0.39 is 11.9 Å². The minimum atomic E-state index is -0.891. The summed E-state index contributed by atoms with van der Waals surface area (Å²) < 4.78 is 12.8. The van der Waals surface area contributed by atoms with Crippen LogP contribution in [-0.4, -0.2) is 34.7 Å². The molecule has 0 radical (unpaired) electrons.